The molecule has 2 N–H and O–H groups in total. The second kappa shape index (κ2) is 9.06. The van der Waals surface area contributed by atoms with Gasteiger partial charge in [-0.25, -0.2) is 0 Å². The molecule has 126 valence electrons. The molecule has 23 heavy (non-hydrogen) atoms. The molecule has 0 amide bonds. The first-order valence-electron chi connectivity index (χ1n) is 7.79. The van der Waals surface area contributed by atoms with Gasteiger partial charge in [-0.3, -0.25) is 0 Å². The topological polar surface area (TPSA) is 40.5 Å². The number of quaternary nitrogens is 1. The molecule has 0 bridgehead atoms. The minimum absolute atomic E-state index is 0. The molecule has 2 rings (SSSR count). The average Bonchev–Trinajstić information content (AvgIpc) is 2.49. The summed E-state index contributed by atoms with van der Waals surface area (Å²) in [6.07, 6.45) is 1.62. The Hall–Kier alpha value is -1.36. The van der Waals surface area contributed by atoms with E-state index in [0.29, 0.717) is 12.3 Å². The van der Waals surface area contributed by atoms with Crippen LogP contribution in [0.15, 0.2) is 54.6 Å². The van der Waals surface area contributed by atoms with Crippen LogP contribution in [0.2, 0.25) is 0 Å². The lowest BCUT2D eigenvalue weighted by Gasteiger charge is -2.32. The zero-order valence-corrected chi connectivity index (χ0v) is 15.4. The first-order valence-corrected chi connectivity index (χ1v) is 7.79. The molecule has 0 aliphatic heterocycles. The van der Waals surface area contributed by atoms with Crippen molar-refractivity contribution < 1.29 is 31.7 Å². The molecule has 0 aromatic heterocycles. The van der Waals surface area contributed by atoms with E-state index in [0.717, 1.165) is 29.4 Å². The molecule has 4 heteroatoms. The van der Waals surface area contributed by atoms with E-state index in [4.69, 9.17) is 0 Å². The van der Waals surface area contributed by atoms with Crippen molar-refractivity contribution in [1.82, 2.24) is 0 Å². The second-order valence-electron chi connectivity index (χ2n) is 6.54. The molecule has 0 aliphatic rings. The number of benzene rings is 2. The van der Waals surface area contributed by atoms with E-state index in [2.05, 4.69) is 14.1 Å². The number of aromatic hydroxyl groups is 1. The Morgan fingerprint density at radius 1 is 0.957 bits per heavy atom. The van der Waals surface area contributed by atoms with E-state index in [-0.39, 0.29) is 17.0 Å². The van der Waals surface area contributed by atoms with Crippen molar-refractivity contribution in [3.05, 3.63) is 65.7 Å². The third kappa shape index (κ3) is 6.73. The highest BCUT2D eigenvalue weighted by molar-refractivity contribution is 5.25. The maximum absolute atomic E-state index is 10.4. The van der Waals surface area contributed by atoms with Crippen LogP contribution < -0.4 is 17.0 Å². The van der Waals surface area contributed by atoms with Crippen LogP contribution in [-0.4, -0.2) is 41.9 Å². The third-order valence-electron chi connectivity index (χ3n) is 4.02. The van der Waals surface area contributed by atoms with Crippen LogP contribution in [0, 0.1) is 0 Å². The smallest absolute Gasteiger partial charge is 0.128 e. The number of phenolic OH excluding ortho intramolecular Hbond substituents is 1. The van der Waals surface area contributed by atoms with Gasteiger partial charge in [0.15, 0.2) is 0 Å². The van der Waals surface area contributed by atoms with Gasteiger partial charge < -0.3 is 31.7 Å². The number of hydrogen-bond donors (Lipinski definition) is 2. The van der Waals surface area contributed by atoms with Gasteiger partial charge in [0.1, 0.15) is 18.4 Å². The molecule has 0 radical (unpaired) electrons. The van der Waals surface area contributed by atoms with Gasteiger partial charge in [0, 0.05) is 6.42 Å². The second-order valence-corrected chi connectivity index (χ2v) is 6.54. The third-order valence-corrected chi connectivity index (χ3v) is 4.02. The van der Waals surface area contributed by atoms with Crippen molar-refractivity contribution in [2.75, 3.05) is 27.2 Å². The van der Waals surface area contributed by atoms with Crippen molar-refractivity contribution in [2.45, 2.75) is 18.9 Å². The van der Waals surface area contributed by atoms with Crippen molar-refractivity contribution in [1.29, 1.82) is 0 Å². The normalized spacial score (nSPS) is 12.5. The van der Waals surface area contributed by atoms with Gasteiger partial charge in [0.2, 0.25) is 0 Å². The van der Waals surface area contributed by atoms with Gasteiger partial charge in [0.05, 0.1) is 20.6 Å². The Labute approximate surface area is 149 Å². The lowest BCUT2D eigenvalue weighted by atomic mass is 10.1. The number of aliphatic hydroxyl groups is 1. The molecular weight excluding hydrogens is 354 g/mol. The maximum Gasteiger partial charge on any atom is 0.128 e. The highest BCUT2D eigenvalue weighted by Crippen LogP contribution is 2.17. The Bertz CT molecular complexity index is 570. The summed E-state index contributed by atoms with van der Waals surface area (Å²) in [6.45, 7) is 1.71. The van der Waals surface area contributed by atoms with E-state index < -0.39 is 6.10 Å². The number of nitrogens with zero attached hydrogens (tertiary/aromatic N) is 1. The molecule has 0 spiro atoms. The van der Waals surface area contributed by atoms with E-state index in [1.807, 2.05) is 42.5 Å². The first-order chi connectivity index (χ1) is 10.5. The minimum atomic E-state index is -0.426. The zero-order valence-electron chi connectivity index (χ0n) is 13.8. The van der Waals surface area contributed by atoms with Crippen LogP contribution in [0.5, 0.6) is 5.75 Å². The van der Waals surface area contributed by atoms with Crippen molar-refractivity contribution >= 4 is 0 Å². The fraction of sp³-hybridized carbons (Fsp3) is 0.368. The maximum atomic E-state index is 10.4. The van der Waals surface area contributed by atoms with Crippen LogP contribution in [0.25, 0.3) is 0 Å². The monoisotopic (exact) mass is 379 g/mol. The number of likely N-dealkylation sites (N-methyl/N-ethyl adjacent to an activating group) is 1. The Balaban J connectivity index is 0.00000264. The molecule has 0 saturated carbocycles. The number of aryl methyl sites for hydroxylation is 1. The number of hydrogen-bond acceptors (Lipinski definition) is 2. The number of aliphatic hydroxyl groups excluding tert-OH is 1. The van der Waals surface area contributed by atoms with Gasteiger partial charge >= 0.3 is 0 Å². The number of halogens is 1. The molecule has 0 fully saturated rings. The molecule has 2 aromatic carbocycles. The first kappa shape index (κ1) is 19.7. The predicted octanol–water partition coefficient (Wildman–Crippen LogP) is 0.139. The fourth-order valence-electron chi connectivity index (χ4n) is 2.71. The van der Waals surface area contributed by atoms with Crippen LogP contribution in [0.3, 0.4) is 0 Å². The zero-order chi connectivity index (χ0) is 16.0. The molecule has 0 aliphatic carbocycles. The summed E-state index contributed by atoms with van der Waals surface area (Å²) in [4.78, 5) is 0. The largest absolute Gasteiger partial charge is 1.00 e. The summed E-state index contributed by atoms with van der Waals surface area (Å²) < 4.78 is 0.786. The SMILES string of the molecule is C[N+](C)(CCCc1ccc(O)cc1)CC(O)c1ccccc1.[Br-]. The molecular formula is C19H26BrNO2. The van der Waals surface area contributed by atoms with Gasteiger partial charge in [-0.1, -0.05) is 42.5 Å². The Morgan fingerprint density at radius 2 is 1.57 bits per heavy atom. The summed E-state index contributed by atoms with van der Waals surface area (Å²) in [5.74, 6) is 0.311. The van der Waals surface area contributed by atoms with Crippen molar-refractivity contribution in [3.63, 3.8) is 0 Å². The standard InChI is InChI=1S/C19H25NO2.BrH/c1-20(2,15-19(22)17-8-4-3-5-9-17)14-6-7-16-10-12-18(21)13-11-16;/h3-5,8-13,19,22H,6-7,14-15H2,1-2H3;1H. The Morgan fingerprint density at radius 3 is 2.17 bits per heavy atom. The van der Waals surface area contributed by atoms with E-state index >= 15 is 0 Å². The van der Waals surface area contributed by atoms with Crippen LogP contribution >= 0.6 is 0 Å². The lowest BCUT2D eigenvalue weighted by molar-refractivity contribution is -0.894. The predicted molar refractivity (Wildman–Crippen MR) is 89.7 cm³/mol. The Kier molecular flexibility index (Phi) is 7.76. The van der Waals surface area contributed by atoms with E-state index in [1.54, 1.807) is 12.1 Å². The van der Waals surface area contributed by atoms with E-state index in [1.165, 1.54) is 5.56 Å². The van der Waals surface area contributed by atoms with Crippen LogP contribution in [0.4, 0.5) is 0 Å². The summed E-state index contributed by atoms with van der Waals surface area (Å²) in [5.41, 5.74) is 2.22. The molecule has 1 atom stereocenters. The van der Waals surface area contributed by atoms with Gasteiger partial charge in [-0.05, 0) is 29.7 Å². The average molecular weight is 380 g/mol. The molecule has 3 nitrogen and oxygen atoms in total. The number of rotatable bonds is 7. The van der Waals surface area contributed by atoms with Crippen molar-refractivity contribution in [2.24, 2.45) is 0 Å². The van der Waals surface area contributed by atoms with Gasteiger partial charge in [0.25, 0.3) is 0 Å². The molecule has 1 unspecified atom stereocenters. The molecule has 2 aromatic rings. The summed E-state index contributed by atoms with van der Waals surface area (Å²) in [5, 5.41) is 19.6. The summed E-state index contributed by atoms with van der Waals surface area (Å²) in [7, 11) is 4.31. The lowest BCUT2D eigenvalue weighted by Crippen LogP contribution is -3.00. The summed E-state index contributed by atoms with van der Waals surface area (Å²) in [6, 6.07) is 17.2. The molecule has 0 saturated heterocycles. The van der Waals surface area contributed by atoms with Crippen LogP contribution in [0.1, 0.15) is 23.7 Å². The van der Waals surface area contributed by atoms with Gasteiger partial charge in [-0.15, -0.1) is 0 Å². The highest BCUT2D eigenvalue weighted by Gasteiger charge is 2.21. The quantitative estimate of drug-likeness (QED) is 0.671. The minimum Gasteiger partial charge on any atom is -1.00 e. The van der Waals surface area contributed by atoms with E-state index in [9.17, 15) is 10.2 Å². The number of phenols is 1. The fourth-order valence-corrected chi connectivity index (χ4v) is 2.71. The van der Waals surface area contributed by atoms with Crippen molar-refractivity contribution in [3.8, 4) is 5.75 Å². The summed E-state index contributed by atoms with van der Waals surface area (Å²) >= 11 is 0. The van der Waals surface area contributed by atoms with Crippen LogP contribution in [-0.2, 0) is 6.42 Å². The van der Waals surface area contributed by atoms with Gasteiger partial charge in [-0.2, -0.15) is 0 Å². The molecule has 0 heterocycles. The highest BCUT2D eigenvalue weighted by atomic mass is 79.9.